The van der Waals surface area contributed by atoms with Gasteiger partial charge >= 0.3 is 0 Å². The van der Waals surface area contributed by atoms with E-state index in [4.69, 9.17) is 10.7 Å². The lowest BCUT2D eigenvalue weighted by atomic mass is 9.98. The Bertz CT molecular complexity index is 1330. The van der Waals surface area contributed by atoms with Crippen molar-refractivity contribution < 1.29 is 0 Å². The van der Waals surface area contributed by atoms with Crippen molar-refractivity contribution in [2.45, 2.75) is 43.8 Å². The summed E-state index contributed by atoms with van der Waals surface area (Å²) in [5.41, 5.74) is 11.5. The quantitative estimate of drug-likeness (QED) is 0.542. The van der Waals surface area contributed by atoms with Crippen LogP contribution in [0, 0.1) is 11.3 Å². The Morgan fingerprint density at radius 3 is 2.47 bits per heavy atom. The fourth-order valence-electron chi connectivity index (χ4n) is 5.44. The molecule has 6 rings (SSSR count). The minimum absolute atomic E-state index is 0.304. The lowest BCUT2D eigenvalue weighted by Crippen LogP contribution is -2.47. The van der Waals surface area contributed by atoms with E-state index < -0.39 is 0 Å². The van der Waals surface area contributed by atoms with E-state index in [0.717, 1.165) is 46.4 Å². The largest absolute Gasteiger partial charge is 0.351 e. The molecule has 8 nitrogen and oxygen atoms in total. The zero-order valence-corrected chi connectivity index (χ0v) is 17.9. The number of hydrogen-bond acceptors (Lipinski definition) is 6. The van der Waals surface area contributed by atoms with Gasteiger partial charge in [-0.2, -0.15) is 15.5 Å². The number of rotatable bonds is 3. The summed E-state index contributed by atoms with van der Waals surface area (Å²) in [4.78, 5) is 7.32. The molecule has 2 bridgehead atoms. The maximum absolute atomic E-state index is 9.64. The molecule has 0 amide bonds. The molecule has 32 heavy (non-hydrogen) atoms. The Hall–Kier alpha value is -3.70. The van der Waals surface area contributed by atoms with E-state index in [1.807, 2.05) is 31.8 Å². The van der Waals surface area contributed by atoms with Gasteiger partial charge in [0, 0.05) is 66.0 Å². The van der Waals surface area contributed by atoms with Crippen molar-refractivity contribution in [1.29, 1.82) is 5.26 Å². The number of nitriles is 1. The van der Waals surface area contributed by atoms with Crippen LogP contribution in [-0.4, -0.2) is 42.5 Å². The molecule has 2 unspecified atom stereocenters. The molecular formula is C24H24N8. The zero-order chi connectivity index (χ0) is 21.8. The second-order valence-electron chi connectivity index (χ2n) is 8.94. The predicted molar refractivity (Wildman–Crippen MR) is 122 cm³/mol. The standard InChI is InChI=1S/C24H24N8/c1-30-13-18(12-28-30)16-6-22(24-17(9-25)11-29-31(24)14-16)15-2-5-23(27-10-15)32-20-3-4-21(32)8-19(26)7-20/h2,5-6,10-14,19-21H,3-4,7-8,26H2,1H3/t19?,20-,21?/m0/s1. The van der Waals surface area contributed by atoms with Crippen LogP contribution >= 0.6 is 0 Å². The van der Waals surface area contributed by atoms with Crippen LogP contribution in [0.25, 0.3) is 27.8 Å². The van der Waals surface area contributed by atoms with Gasteiger partial charge in [0.2, 0.25) is 0 Å². The van der Waals surface area contributed by atoms with Crippen LogP contribution in [0.15, 0.2) is 49.2 Å². The summed E-state index contributed by atoms with van der Waals surface area (Å²) >= 11 is 0. The van der Waals surface area contributed by atoms with Crippen molar-refractivity contribution in [2.24, 2.45) is 12.8 Å². The van der Waals surface area contributed by atoms with Gasteiger partial charge in [-0.15, -0.1) is 0 Å². The first-order chi connectivity index (χ1) is 15.6. The molecule has 0 aromatic carbocycles. The molecule has 2 aliphatic heterocycles. The Kier molecular flexibility index (Phi) is 4.26. The fourth-order valence-corrected chi connectivity index (χ4v) is 5.44. The van der Waals surface area contributed by atoms with Gasteiger partial charge in [0.1, 0.15) is 11.9 Å². The maximum atomic E-state index is 9.64. The minimum atomic E-state index is 0.304. The number of aryl methyl sites for hydroxylation is 1. The van der Waals surface area contributed by atoms with Crippen molar-refractivity contribution >= 4 is 11.3 Å². The highest BCUT2D eigenvalue weighted by Gasteiger charge is 2.40. The van der Waals surface area contributed by atoms with Crippen molar-refractivity contribution in [3.63, 3.8) is 0 Å². The topological polar surface area (TPSA) is 101 Å². The van der Waals surface area contributed by atoms with Crippen molar-refractivity contribution in [3.8, 4) is 28.3 Å². The molecule has 6 heterocycles. The number of pyridine rings is 2. The molecule has 0 aliphatic carbocycles. The molecule has 2 aliphatic rings. The Labute approximate surface area is 185 Å². The SMILES string of the molecule is Cn1cc(-c2cc(-c3ccc(N4C5CC[C@H]4CC(N)C5)nc3)c3c(C#N)cnn3c2)cn1. The van der Waals surface area contributed by atoms with Crippen LogP contribution in [0.3, 0.4) is 0 Å². The molecule has 2 fully saturated rings. The van der Waals surface area contributed by atoms with Gasteiger partial charge in [0.15, 0.2) is 0 Å². The molecule has 3 atom stereocenters. The maximum Gasteiger partial charge on any atom is 0.129 e. The van der Waals surface area contributed by atoms with Crippen LogP contribution in [0.2, 0.25) is 0 Å². The normalized spacial score (nSPS) is 22.4. The number of aromatic nitrogens is 5. The third-order valence-electron chi connectivity index (χ3n) is 6.86. The smallest absolute Gasteiger partial charge is 0.129 e. The second kappa shape index (κ2) is 7.18. The molecule has 8 heteroatoms. The molecule has 160 valence electrons. The van der Waals surface area contributed by atoms with Gasteiger partial charge in [0.25, 0.3) is 0 Å². The van der Waals surface area contributed by atoms with Gasteiger partial charge in [-0.3, -0.25) is 4.68 Å². The summed E-state index contributed by atoms with van der Waals surface area (Å²) in [7, 11) is 1.90. The van der Waals surface area contributed by atoms with Gasteiger partial charge in [-0.25, -0.2) is 9.50 Å². The second-order valence-corrected chi connectivity index (χ2v) is 8.94. The summed E-state index contributed by atoms with van der Waals surface area (Å²) in [5, 5.41) is 18.4. The van der Waals surface area contributed by atoms with Crippen LogP contribution in [0.1, 0.15) is 31.2 Å². The van der Waals surface area contributed by atoms with E-state index in [2.05, 4.69) is 39.4 Å². The number of hydrogen-bond donors (Lipinski definition) is 1. The van der Waals surface area contributed by atoms with E-state index in [-0.39, 0.29) is 0 Å². The molecule has 0 spiro atoms. The number of nitrogens with zero attached hydrogens (tertiary/aromatic N) is 7. The molecular weight excluding hydrogens is 400 g/mol. The van der Waals surface area contributed by atoms with Crippen molar-refractivity contribution in [3.05, 3.63) is 54.7 Å². The molecule has 4 aromatic heterocycles. The van der Waals surface area contributed by atoms with E-state index in [0.29, 0.717) is 23.7 Å². The van der Waals surface area contributed by atoms with Crippen LogP contribution in [-0.2, 0) is 7.05 Å². The predicted octanol–water partition coefficient (Wildman–Crippen LogP) is 3.13. The van der Waals surface area contributed by atoms with Crippen molar-refractivity contribution in [1.82, 2.24) is 24.4 Å². The van der Waals surface area contributed by atoms with Crippen LogP contribution in [0.5, 0.6) is 0 Å². The average Bonchev–Trinajstić information content (AvgIpc) is 3.49. The van der Waals surface area contributed by atoms with Crippen molar-refractivity contribution in [2.75, 3.05) is 4.90 Å². The number of nitrogens with two attached hydrogens (primary N) is 1. The highest BCUT2D eigenvalue weighted by molar-refractivity contribution is 5.87. The number of piperidine rings is 1. The number of anilines is 1. The summed E-state index contributed by atoms with van der Waals surface area (Å²) < 4.78 is 3.55. The van der Waals surface area contributed by atoms with Gasteiger partial charge in [-0.1, -0.05) is 0 Å². The third kappa shape index (κ3) is 2.97. The lowest BCUT2D eigenvalue weighted by Gasteiger charge is -2.38. The van der Waals surface area contributed by atoms with Gasteiger partial charge < -0.3 is 10.6 Å². The first-order valence-electron chi connectivity index (χ1n) is 11.0. The van der Waals surface area contributed by atoms with Crippen LogP contribution in [0.4, 0.5) is 5.82 Å². The molecule has 2 saturated heterocycles. The summed E-state index contributed by atoms with van der Waals surface area (Å²) in [6, 6.07) is 9.85. The first kappa shape index (κ1) is 19.0. The van der Waals surface area contributed by atoms with Crippen LogP contribution < -0.4 is 10.6 Å². The highest BCUT2D eigenvalue weighted by atomic mass is 15.3. The lowest BCUT2D eigenvalue weighted by molar-refractivity contribution is 0.412. The minimum Gasteiger partial charge on any atom is -0.351 e. The monoisotopic (exact) mass is 424 g/mol. The molecule has 2 N–H and O–H groups in total. The Morgan fingerprint density at radius 2 is 1.81 bits per heavy atom. The first-order valence-corrected chi connectivity index (χ1v) is 11.0. The van der Waals surface area contributed by atoms with E-state index >= 15 is 0 Å². The Morgan fingerprint density at radius 1 is 1.00 bits per heavy atom. The Balaban J connectivity index is 1.43. The van der Waals surface area contributed by atoms with E-state index in [1.54, 1.807) is 15.4 Å². The molecule has 4 aromatic rings. The average molecular weight is 425 g/mol. The highest BCUT2D eigenvalue weighted by Crippen LogP contribution is 2.39. The molecule has 0 radical (unpaired) electrons. The van der Waals surface area contributed by atoms with Gasteiger partial charge in [0.05, 0.1) is 23.5 Å². The fraction of sp³-hybridized carbons (Fsp3) is 0.333. The molecule has 0 saturated carbocycles. The number of fused-ring (bicyclic) bond motifs is 3. The third-order valence-corrected chi connectivity index (χ3v) is 6.86. The summed E-state index contributed by atoms with van der Waals surface area (Å²) in [5.74, 6) is 1.02. The summed E-state index contributed by atoms with van der Waals surface area (Å²) in [6.45, 7) is 0. The van der Waals surface area contributed by atoms with Gasteiger partial charge in [-0.05, 0) is 43.9 Å². The summed E-state index contributed by atoms with van der Waals surface area (Å²) in [6.07, 6.45) is 13.7. The van der Waals surface area contributed by atoms with E-state index in [1.165, 1.54) is 12.8 Å². The zero-order valence-electron chi connectivity index (χ0n) is 17.9. The van der Waals surface area contributed by atoms with E-state index in [9.17, 15) is 5.26 Å².